The Bertz CT molecular complexity index is 888. The minimum Gasteiger partial charge on any atom is -0.494 e. The van der Waals surface area contributed by atoms with Gasteiger partial charge in [0.15, 0.2) is 5.78 Å². The number of thioether (sulfide) groups is 1. The first-order valence-corrected chi connectivity index (χ1v) is 11.0. The molecule has 0 fully saturated rings. The molecule has 0 saturated heterocycles. The number of ether oxygens (including phenoxy) is 1. The molecule has 2 aromatic rings. The van der Waals surface area contributed by atoms with Crippen molar-refractivity contribution in [2.24, 2.45) is 0 Å². The number of fused-ring (bicyclic) bond motifs is 1. The number of Topliss-reactive ketones (excluding diaryl/α,β-unsaturated/α-hetero) is 1. The van der Waals surface area contributed by atoms with E-state index in [1.807, 2.05) is 28.9 Å². The fourth-order valence-electron chi connectivity index (χ4n) is 3.67. The highest BCUT2D eigenvalue weighted by Gasteiger charge is 2.36. The predicted molar refractivity (Wildman–Crippen MR) is 111 cm³/mol. The van der Waals surface area contributed by atoms with Crippen LogP contribution in [0.1, 0.15) is 57.6 Å². The lowest BCUT2D eigenvalue weighted by Crippen LogP contribution is -2.31. The molecule has 0 spiro atoms. The van der Waals surface area contributed by atoms with Crippen molar-refractivity contribution in [3.63, 3.8) is 0 Å². The Kier molecular flexibility index (Phi) is 5.71. The van der Waals surface area contributed by atoms with Crippen molar-refractivity contribution in [2.45, 2.75) is 57.1 Å². The predicted octanol–water partition coefficient (Wildman–Crippen LogP) is 4.59. The maximum absolute atomic E-state index is 12.8. The molecule has 6 nitrogen and oxygen atoms in total. The quantitative estimate of drug-likeness (QED) is 0.688. The summed E-state index contributed by atoms with van der Waals surface area (Å²) in [5, 5.41) is 8.86. The fourth-order valence-corrected chi connectivity index (χ4v) is 4.35. The molecule has 1 unspecified atom stereocenters. The van der Waals surface area contributed by atoms with E-state index in [4.69, 9.17) is 9.84 Å². The lowest BCUT2D eigenvalue weighted by atomic mass is 9.85. The average molecular weight is 399 g/mol. The van der Waals surface area contributed by atoms with Gasteiger partial charge in [0.2, 0.25) is 11.1 Å². The van der Waals surface area contributed by atoms with Crippen molar-refractivity contribution in [2.75, 3.05) is 17.7 Å². The zero-order chi connectivity index (χ0) is 19.5. The summed E-state index contributed by atoms with van der Waals surface area (Å²) in [6.45, 7) is 4.93. The Balaban J connectivity index is 1.72. The van der Waals surface area contributed by atoms with Crippen molar-refractivity contribution < 1.29 is 9.53 Å². The van der Waals surface area contributed by atoms with Gasteiger partial charge in [-0.05, 0) is 43.4 Å². The van der Waals surface area contributed by atoms with Crippen molar-refractivity contribution in [1.29, 1.82) is 0 Å². The van der Waals surface area contributed by atoms with Gasteiger partial charge < -0.3 is 10.1 Å². The molecular formula is C21H26N4O2S. The molecule has 4 rings (SSSR count). The zero-order valence-corrected chi connectivity index (χ0v) is 17.2. The van der Waals surface area contributed by atoms with Gasteiger partial charge in [-0.1, -0.05) is 37.7 Å². The summed E-state index contributed by atoms with van der Waals surface area (Å²) in [5.41, 5.74) is 2.86. The van der Waals surface area contributed by atoms with Crippen LogP contribution in [0.2, 0.25) is 0 Å². The van der Waals surface area contributed by atoms with Crippen molar-refractivity contribution in [3.8, 4) is 5.75 Å². The van der Waals surface area contributed by atoms with E-state index in [2.05, 4.69) is 24.1 Å². The van der Waals surface area contributed by atoms with Gasteiger partial charge in [-0.3, -0.25) is 4.79 Å². The van der Waals surface area contributed by atoms with Gasteiger partial charge in [0.05, 0.1) is 6.61 Å². The van der Waals surface area contributed by atoms with Gasteiger partial charge in [-0.15, -0.1) is 5.10 Å². The molecule has 28 heavy (non-hydrogen) atoms. The molecular weight excluding hydrogens is 372 g/mol. The number of nitrogens with one attached hydrogen (secondary N) is 1. The third-order valence-electron chi connectivity index (χ3n) is 4.95. The number of allylic oxidation sites excluding steroid dienone is 2. The first kappa shape index (κ1) is 19.1. The molecule has 1 aliphatic heterocycles. The Morgan fingerprint density at radius 3 is 2.79 bits per heavy atom. The number of carbonyl (C=O) groups is 1. The largest absolute Gasteiger partial charge is 0.494 e. The van der Waals surface area contributed by atoms with Crippen molar-refractivity contribution >= 4 is 23.5 Å². The van der Waals surface area contributed by atoms with E-state index < -0.39 is 0 Å². The summed E-state index contributed by atoms with van der Waals surface area (Å²) >= 11 is 1.65. The molecule has 1 aliphatic carbocycles. The van der Waals surface area contributed by atoms with Gasteiger partial charge in [0, 0.05) is 23.4 Å². The molecule has 1 aromatic carbocycles. The van der Waals surface area contributed by atoms with Crippen molar-refractivity contribution in [1.82, 2.24) is 14.8 Å². The number of rotatable bonds is 7. The molecule has 0 amide bonds. The van der Waals surface area contributed by atoms with Crippen LogP contribution in [0.25, 0.3) is 0 Å². The van der Waals surface area contributed by atoms with E-state index in [0.29, 0.717) is 13.0 Å². The van der Waals surface area contributed by atoms with Crippen LogP contribution in [-0.2, 0) is 4.79 Å². The van der Waals surface area contributed by atoms with E-state index in [1.54, 1.807) is 11.8 Å². The molecule has 1 atom stereocenters. The number of benzene rings is 1. The monoisotopic (exact) mass is 398 g/mol. The minimum atomic E-state index is -0.234. The van der Waals surface area contributed by atoms with Crippen LogP contribution in [0, 0.1) is 0 Å². The van der Waals surface area contributed by atoms with Crippen LogP contribution in [-0.4, -0.2) is 32.9 Å². The lowest BCUT2D eigenvalue weighted by molar-refractivity contribution is -0.116. The van der Waals surface area contributed by atoms with Crippen LogP contribution in [0.4, 0.5) is 5.95 Å². The maximum atomic E-state index is 12.8. The zero-order valence-electron chi connectivity index (χ0n) is 16.4. The number of nitrogens with zero attached hydrogens (tertiary/aromatic N) is 3. The summed E-state index contributed by atoms with van der Waals surface area (Å²) in [7, 11) is 0. The number of carbonyl (C=O) groups excluding carboxylic acids is 1. The SMILES string of the molecule is CCCOc1ccc(C2C3=C(CCCC3=O)Nc3nc(SCCC)nn32)cc1. The molecule has 2 aliphatic rings. The molecule has 0 radical (unpaired) electrons. The second-order valence-corrected chi connectivity index (χ2v) is 8.19. The van der Waals surface area contributed by atoms with Crippen LogP contribution < -0.4 is 10.1 Å². The van der Waals surface area contributed by atoms with Crippen LogP contribution in [0.5, 0.6) is 5.75 Å². The van der Waals surface area contributed by atoms with Gasteiger partial charge in [-0.25, -0.2) is 4.68 Å². The summed E-state index contributed by atoms with van der Waals surface area (Å²) in [6.07, 6.45) is 4.39. The van der Waals surface area contributed by atoms with Crippen LogP contribution >= 0.6 is 11.8 Å². The van der Waals surface area contributed by atoms with Gasteiger partial charge in [0.1, 0.15) is 11.8 Å². The Morgan fingerprint density at radius 1 is 1.21 bits per heavy atom. The Hall–Kier alpha value is -2.28. The van der Waals surface area contributed by atoms with E-state index in [0.717, 1.165) is 65.1 Å². The average Bonchev–Trinajstić information content (AvgIpc) is 3.12. The van der Waals surface area contributed by atoms with Crippen LogP contribution in [0.3, 0.4) is 0 Å². The highest BCUT2D eigenvalue weighted by molar-refractivity contribution is 7.99. The first-order chi connectivity index (χ1) is 13.7. The highest BCUT2D eigenvalue weighted by Crippen LogP contribution is 2.40. The minimum absolute atomic E-state index is 0.203. The normalized spacial score (nSPS) is 18.5. The molecule has 0 bridgehead atoms. The molecule has 7 heteroatoms. The van der Waals surface area contributed by atoms with Gasteiger partial charge >= 0.3 is 0 Å². The van der Waals surface area contributed by atoms with Gasteiger partial charge in [0.25, 0.3) is 0 Å². The molecule has 2 heterocycles. The number of hydrogen-bond donors (Lipinski definition) is 1. The summed E-state index contributed by atoms with van der Waals surface area (Å²) in [5.74, 6) is 2.75. The highest BCUT2D eigenvalue weighted by atomic mass is 32.2. The van der Waals surface area contributed by atoms with E-state index in [-0.39, 0.29) is 11.8 Å². The number of aromatic nitrogens is 3. The molecule has 1 N–H and O–H groups in total. The Labute approximate surface area is 169 Å². The van der Waals surface area contributed by atoms with Gasteiger partial charge in [-0.2, -0.15) is 4.98 Å². The third-order valence-corrected chi connectivity index (χ3v) is 6.00. The Morgan fingerprint density at radius 2 is 2.04 bits per heavy atom. The fraction of sp³-hybridized carbons (Fsp3) is 0.476. The smallest absolute Gasteiger partial charge is 0.227 e. The van der Waals surface area contributed by atoms with E-state index >= 15 is 0 Å². The maximum Gasteiger partial charge on any atom is 0.227 e. The molecule has 0 saturated carbocycles. The number of hydrogen-bond acceptors (Lipinski definition) is 6. The number of ketones is 1. The topological polar surface area (TPSA) is 69.0 Å². The second kappa shape index (κ2) is 8.39. The van der Waals surface area contributed by atoms with Crippen molar-refractivity contribution in [3.05, 3.63) is 41.1 Å². The number of anilines is 1. The lowest BCUT2D eigenvalue weighted by Gasteiger charge is -2.32. The summed E-state index contributed by atoms with van der Waals surface area (Å²) in [4.78, 5) is 17.5. The van der Waals surface area contributed by atoms with E-state index in [1.165, 1.54) is 0 Å². The van der Waals surface area contributed by atoms with Crippen LogP contribution in [0.15, 0.2) is 40.7 Å². The molecule has 148 valence electrons. The summed E-state index contributed by atoms with van der Waals surface area (Å²) < 4.78 is 7.59. The van der Waals surface area contributed by atoms with E-state index in [9.17, 15) is 4.79 Å². The second-order valence-electron chi connectivity index (χ2n) is 7.13. The third kappa shape index (κ3) is 3.68. The standard InChI is InChI=1S/C21H26N4O2S/c1-3-12-27-15-10-8-14(9-11-15)19-18-16(6-5-7-17(18)26)22-20-23-21(24-25(19)20)28-13-4-2/h8-11,19H,3-7,12-13H2,1-2H3,(H,22,23,24). The first-order valence-electron chi connectivity index (χ1n) is 10.1. The summed E-state index contributed by atoms with van der Waals surface area (Å²) in [6, 6.07) is 7.80. The molecule has 1 aromatic heterocycles.